The Morgan fingerprint density at radius 1 is 1.47 bits per heavy atom. The summed E-state index contributed by atoms with van der Waals surface area (Å²) >= 11 is 1.67. The van der Waals surface area contributed by atoms with E-state index in [4.69, 9.17) is 0 Å². The van der Waals surface area contributed by atoms with Gasteiger partial charge in [0.1, 0.15) is 0 Å². The first-order chi connectivity index (χ1) is 7.79. The number of likely N-dealkylation sites (N-methyl/N-ethyl adjacent to an activating group) is 1. The van der Waals surface area contributed by atoms with E-state index in [1.807, 2.05) is 24.4 Å². The minimum absolute atomic E-state index is 0.0545. The first-order valence-corrected chi connectivity index (χ1v) is 8.51. The average molecular weight is 275 g/mol. The van der Waals surface area contributed by atoms with Gasteiger partial charge < -0.3 is 5.32 Å². The summed E-state index contributed by atoms with van der Waals surface area (Å²) < 4.78 is 23.0. The van der Waals surface area contributed by atoms with E-state index in [2.05, 4.69) is 5.32 Å². The monoisotopic (exact) mass is 275 g/mol. The third-order valence-electron chi connectivity index (χ3n) is 3.23. The molecule has 0 fully saturated rings. The Kier molecular flexibility index (Phi) is 4.75. The van der Waals surface area contributed by atoms with Gasteiger partial charge in [-0.05, 0) is 38.3 Å². The molecule has 1 N–H and O–H groups in total. The van der Waals surface area contributed by atoms with E-state index in [1.165, 1.54) is 11.1 Å². The van der Waals surface area contributed by atoms with Gasteiger partial charge >= 0.3 is 0 Å². The molecule has 0 aliphatic carbocycles. The summed E-state index contributed by atoms with van der Waals surface area (Å²) in [4.78, 5) is 1.22. The van der Waals surface area contributed by atoms with Gasteiger partial charge in [-0.3, -0.25) is 0 Å². The SMILES string of the molecule is CCNC(Cc1cccs1)C(C)(C)S(C)(=O)=O. The van der Waals surface area contributed by atoms with Crippen molar-refractivity contribution in [3.63, 3.8) is 0 Å². The van der Waals surface area contributed by atoms with Crippen LogP contribution in [0.25, 0.3) is 0 Å². The van der Waals surface area contributed by atoms with E-state index in [-0.39, 0.29) is 6.04 Å². The third-order valence-corrected chi connectivity index (χ3v) is 6.33. The van der Waals surface area contributed by atoms with Crippen LogP contribution >= 0.6 is 11.3 Å². The second kappa shape index (κ2) is 5.50. The Morgan fingerprint density at radius 2 is 2.12 bits per heavy atom. The van der Waals surface area contributed by atoms with Crippen molar-refractivity contribution in [2.45, 2.75) is 38.0 Å². The van der Waals surface area contributed by atoms with E-state index in [0.29, 0.717) is 0 Å². The van der Waals surface area contributed by atoms with Crippen molar-refractivity contribution in [3.8, 4) is 0 Å². The highest BCUT2D eigenvalue weighted by molar-refractivity contribution is 7.92. The van der Waals surface area contributed by atoms with E-state index in [0.717, 1.165) is 13.0 Å². The van der Waals surface area contributed by atoms with Crippen molar-refractivity contribution in [3.05, 3.63) is 22.4 Å². The topological polar surface area (TPSA) is 46.2 Å². The molecule has 0 aliphatic rings. The molecule has 0 amide bonds. The lowest BCUT2D eigenvalue weighted by atomic mass is 9.99. The molecule has 0 aliphatic heterocycles. The van der Waals surface area contributed by atoms with Gasteiger partial charge in [-0.2, -0.15) is 0 Å². The van der Waals surface area contributed by atoms with Crippen molar-refractivity contribution in [1.29, 1.82) is 0 Å². The number of rotatable bonds is 6. The van der Waals surface area contributed by atoms with E-state index in [9.17, 15) is 8.42 Å². The molecule has 1 atom stereocenters. The molecule has 1 aromatic heterocycles. The summed E-state index contributed by atoms with van der Waals surface area (Å²) in [5, 5.41) is 5.31. The lowest BCUT2D eigenvalue weighted by molar-refractivity contribution is 0.415. The molecule has 0 saturated carbocycles. The quantitative estimate of drug-likeness (QED) is 0.865. The lowest BCUT2D eigenvalue weighted by Crippen LogP contribution is -2.52. The van der Waals surface area contributed by atoms with Crippen LogP contribution in [0.15, 0.2) is 17.5 Å². The summed E-state index contributed by atoms with van der Waals surface area (Å²) in [6, 6.07) is 3.99. The van der Waals surface area contributed by atoms with Crippen LogP contribution in [0, 0.1) is 0 Å². The minimum Gasteiger partial charge on any atom is -0.312 e. The highest BCUT2D eigenvalue weighted by Gasteiger charge is 2.38. The molecule has 17 heavy (non-hydrogen) atoms. The third kappa shape index (κ3) is 3.53. The summed E-state index contributed by atoms with van der Waals surface area (Å²) in [6.45, 7) is 6.36. The maximum absolute atomic E-state index is 11.9. The zero-order chi connectivity index (χ0) is 13.1. The van der Waals surface area contributed by atoms with Crippen molar-refractivity contribution >= 4 is 21.2 Å². The molecule has 98 valence electrons. The first-order valence-electron chi connectivity index (χ1n) is 5.74. The zero-order valence-electron chi connectivity index (χ0n) is 10.9. The van der Waals surface area contributed by atoms with Gasteiger partial charge in [-0.15, -0.1) is 11.3 Å². The summed E-state index contributed by atoms with van der Waals surface area (Å²) in [6.07, 6.45) is 2.07. The predicted molar refractivity (Wildman–Crippen MR) is 74.4 cm³/mol. The summed E-state index contributed by atoms with van der Waals surface area (Å²) in [5.74, 6) is 0. The number of nitrogens with one attached hydrogen (secondary N) is 1. The molecular weight excluding hydrogens is 254 g/mol. The number of hydrogen-bond donors (Lipinski definition) is 1. The molecule has 5 heteroatoms. The van der Waals surface area contributed by atoms with Crippen LogP contribution in [0.3, 0.4) is 0 Å². The minimum atomic E-state index is -3.08. The average Bonchev–Trinajstić information content (AvgIpc) is 2.68. The molecule has 0 saturated heterocycles. The van der Waals surface area contributed by atoms with Crippen LogP contribution in [0.1, 0.15) is 25.6 Å². The number of hydrogen-bond acceptors (Lipinski definition) is 4. The molecule has 1 heterocycles. The highest BCUT2D eigenvalue weighted by Crippen LogP contribution is 2.24. The Hall–Kier alpha value is -0.390. The maximum atomic E-state index is 11.9. The van der Waals surface area contributed by atoms with Crippen molar-refractivity contribution < 1.29 is 8.42 Å². The fourth-order valence-corrected chi connectivity index (χ4v) is 3.13. The molecule has 0 radical (unpaired) electrons. The van der Waals surface area contributed by atoms with E-state index in [1.54, 1.807) is 25.2 Å². The standard InChI is InChI=1S/C12H21NO2S2/c1-5-13-11(9-10-7-6-8-16-10)12(2,3)17(4,14)15/h6-8,11,13H,5,9H2,1-4H3. The van der Waals surface area contributed by atoms with Gasteiger partial charge in [0.15, 0.2) is 9.84 Å². The van der Waals surface area contributed by atoms with Crippen LogP contribution in [0.4, 0.5) is 0 Å². The van der Waals surface area contributed by atoms with Crippen LogP contribution in [0.5, 0.6) is 0 Å². The molecular formula is C12H21NO2S2. The zero-order valence-corrected chi connectivity index (χ0v) is 12.5. The second-order valence-electron chi connectivity index (χ2n) is 4.77. The fourth-order valence-electron chi connectivity index (χ4n) is 1.70. The highest BCUT2D eigenvalue weighted by atomic mass is 32.2. The number of thiophene rings is 1. The Bertz CT molecular complexity index is 435. The van der Waals surface area contributed by atoms with Crippen molar-refractivity contribution in [1.82, 2.24) is 5.32 Å². The van der Waals surface area contributed by atoms with Gasteiger partial charge in [0.2, 0.25) is 0 Å². The smallest absolute Gasteiger partial charge is 0.154 e. The maximum Gasteiger partial charge on any atom is 0.154 e. The molecule has 0 spiro atoms. The van der Waals surface area contributed by atoms with Crippen molar-refractivity contribution in [2.75, 3.05) is 12.8 Å². The lowest BCUT2D eigenvalue weighted by Gasteiger charge is -2.33. The molecule has 0 bridgehead atoms. The Labute approximate surface area is 108 Å². The predicted octanol–water partition coefficient (Wildman–Crippen LogP) is 2.09. The Morgan fingerprint density at radius 3 is 2.53 bits per heavy atom. The molecule has 1 aromatic rings. The fraction of sp³-hybridized carbons (Fsp3) is 0.667. The van der Waals surface area contributed by atoms with Crippen LogP contribution in [-0.4, -0.2) is 32.0 Å². The Balaban J connectivity index is 2.93. The molecule has 0 aromatic carbocycles. The molecule has 3 nitrogen and oxygen atoms in total. The van der Waals surface area contributed by atoms with E-state index >= 15 is 0 Å². The summed E-state index contributed by atoms with van der Waals surface area (Å²) in [7, 11) is -3.08. The van der Waals surface area contributed by atoms with Crippen LogP contribution < -0.4 is 5.32 Å². The van der Waals surface area contributed by atoms with Gasteiger partial charge in [0, 0.05) is 17.2 Å². The largest absolute Gasteiger partial charge is 0.312 e. The summed E-state index contributed by atoms with van der Waals surface area (Å²) in [5.41, 5.74) is 0. The van der Waals surface area contributed by atoms with Gasteiger partial charge in [0.25, 0.3) is 0 Å². The second-order valence-corrected chi connectivity index (χ2v) is 8.40. The van der Waals surface area contributed by atoms with E-state index < -0.39 is 14.6 Å². The van der Waals surface area contributed by atoms with Crippen molar-refractivity contribution in [2.24, 2.45) is 0 Å². The van der Waals surface area contributed by atoms with Gasteiger partial charge in [-0.25, -0.2) is 8.42 Å². The molecule has 1 rings (SSSR count). The van der Waals surface area contributed by atoms with Gasteiger partial charge in [0.05, 0.1) is 4.75 Å². The van der Waals surface area contributed by atoms with Crippen LogP contribution in [0.2, 0.25) is 0 Å². The first kappa shape index (κ1) is 14.7. The van der Waals surface area contributed by atoms with Gasteiger partial charge in [-0.1, -0.05) is 13.0 Å². The number of sulfone groups is 1. The van der Waals surface area contributed by atoms with Crippen LogP contribution in [-0.2, 0) is 16.3 Å². The molecule has 1 unspecified atom stereocenters. The normalized spacial score (nSPS) is 14.8.